The molecule has 0 amide bonds. The Labute approximate surface area is 127 Å². The van der Waals surface area contributed by atoms with Crippen molar-refractivity contribution < 1.29 is 14.7 Å². The van der Waals surface area contributed by atoms with Crippen molar-refractivity contribution in [2.45, 2.75) is 37.9 Å². The highest BCUT2D eigenvalue weighted by molar-refractivity contribution is 4.97. The summed E-state index contributed by atoms with van der Waals surface area (Å²) in [6.07, 6.45) is 7.84. The fourth-order valence-electron chi connectivity index (χ4n) is 3.00. The molecule has 2 aliphatic heterocycles. The molecule has 21 heavy (non-hydrogen) atoms. The highest BCUT2D eigenvalue weighted by Gasteiger charge is 2.31. The third-order valence-electron chi connectivity index (χ3n) is 4.13. The molecule has 0 bridgehead atoms. The number of hydrogen-bond acceptors (Lipinski definition) is 5. The first-order valence-electron chi connectivity index (χ1n) is 7.68. The molecule has 5 heteroatoms. The summed E-state index contributed by atoms with van der Waals surface area (Å²) in [5.74, 6) is 0. The smallest absolute Gasteiger partial charge is 0.0863 e. The minimum atomic E-state index is -0.305. The lowest BCUT2D eigenvalue weighted by molar-refractivity contribution is -0.201. The molecule has 2 rings (SSSR count). The van der Waals surface area contributed by atoms with Gasteiger partial charge in [-0.15, -0.1) is 6.58 Å². The fourth-order valence-corrected chi connectivity index (χ4v) is 3.00. The second kappa shape index (κ2) is 6.92. The summed E-state index contributed by atoms with van der Waals surface area (Å²) >= 11 is 0. The minimum absolute atomic E-state index is 0.141. The lowest BCUT2D eigenvalue weighted by Gasteiger charge is -2.40. The molecule has 0 radical (unpaired) electrons. The van der Waals surface area contributed by atoms with Gasteiger partial charge in [0.05, 0.1) is 31.0 Å². The van der Waals surface area contributed by atoms with Crippen molar-refractivity contribution in [1.82, 2.24) is 9.96 Å². The van der Waals surface area contributed by atoms with Crippen LogP contribution in [0.1, 0.15) is 26.7 Å². The third-order valence-corrected chi connectivity index (χ3v) is 4.13. The molecule has 2 saturated heterocycles. The molecule has 1 N–H and O–H groups in total. The Morgan fingerprint density at radius 3 is 2.43 bits per heavy atom. The summed E-state index contributed by atoms with van der Waals surface area (Å²) in [5.41, 5.74) is -0.447. The molecule has 0 aromatic rings. The van der Waals surface area contributed by atoms with E-state index in [1.54, 1.807) is 0 Å². The maximum atomic E-state index is 9.61. The largest absolute Gasteiger partial charge is 0.372 e. The summed E-state index contributed by atoms with van der Waals surface area (Å²) in [4.78, 5) is 2.29. The molecule has 2 aliphatic rings. The van der Waals surface area contributed by atoms with E-state index in [0.29, 0.717) is 19.7 Å². The van der Waals surface area contributed by atoms with Gasteiger partial charge in [-0.3, -0.25) is 0 Å². The zero-order valence-corrected chi connectivity index (χ0v) is 13.3. The molecule has 0 aliphatic carbocycles. The van der Waals surface area contributed by atoms with Crippen LogP contribution in [0.5, 0.6) is 0 Å². The molecule has 0 saturated carbocycles. The Morgan fingerprint density at radius 2 is 1.76 bits per heavy atom. The van der Waals surface area contributed by atoms with Crippen molar-refractivity contribution in [2.24, 2.45) is 0 Å². The first-order chi connectivity index (χ1) is 9.95. The van der Waals surface area contributed by atoms with Crippen molar-refractivity contribution in [3.8, 4) is 0 Å². The lowest BCUT2D eigenvalue weighted by atomic mass is 9.99. The third kappa shape index (κ3) is 4.81. The minimum Gasteiger partial charge on any atom is -0.372 e. The van der Waals surface area contributed by atoms with E-state index in [9.17, 15) is 5.21 Å². The van der Waals surface area contributed by atoms with E-state index in [0.717, 1.165) is 32.5 Å². The van der Waals surface area contributed by atoms with E-state index in [2.05, 4.69) is 30.7 Å². The Hall–Kier alpha value is -0.880. The monoisotopic (exact) mass is 296 g/mol. The number of nitrogens with zero attached hydrogens (tertiary/aromatic N) is 2. The maximum Gasteiger partial charge on any atom is 0.0863 e. The van der Waals surface area contributed by atoms with E-state index in [1.807, 2.05) is 13.0 Å². The summed E-state index contributed by atoms with van der Waals surface area (Å²) in [5, 5.41) is 11.0. The quantitative estimate of drug-likeness (QED) is 0.787. The molecular weight excluding hydrogens is 268 g/mol. The Morgan fingerprint density at radius 1 is 1.10 bits per heavy atom. The zero-order valence-electron chi connectivity index (χ0n) is 13.3. The zero-order chi connectivity index (χ0) is 15.3. The van der Waals surface area contributed by atoms with Gasteiger partial charge in [0.15, 0.2) is 0 Å². The molecule has 0 aromatic heterocycles. The predicted molar refractivity (Wildman–Crippen MR) is 82.2 cm³/mol. The van der Waals surface area contributed by atoms with Gasteiger partial charge < -0.3 is 19.6 Å². The van der Waals surface area contributed by atoms with E-state index in [1.165, 1.54) is 5.06 Å². The molecule has 2 heterocycles. The van der Waals surface area contributed by atoms with Crippen molar-refractivity contribution >= 4 is 0 Å². The molecule has 2 atom stereocenters. The molecule has 5 nitrogen and oxygen atoms in total. The summed E-state index contributed by atoms with van der Waals surface area (Å²) in [6, 6.07) is 0. The van der Waals surface area contributed by atoms with Crippen LogP contribution in [-0.4, -0.2) is 65.8 Å². The first-order valence-corrected chi connectivity index (χ1v) is 7.68. The number of morpholine rings is 2. The molecule has 2 fully saturated rings. The van der Waals surface area contributed by atoms with Crippen molar-refractivity contribution in [3.63, 3.8) is 0 Å². The predicted octanol–water partition coefficient (Wildman–Crippen LogP) is 2.04. The molecule has 0 spiro atoms. The summed E-state index contributed by atoms with van der Waals surface area (Å²) in [7, 11) is 0. The Bertz CT molecular complexity index is 388. The molecular formula is C16H28N2O3. The van der Waals surface area contributed by atoms with Crippen LogP contribution in [0.2, 0.25) is 0 Å². The van der Waals surface area contributed by atoms with Gasteiger partial charge in [-0.1, -0.05) is 12.2 Å². The average molecular weight is 296 g/mol. The Balaban J connectivity index is 1.84. The average Bonchev–Trinajstić information content (AvgIpc) is 2.38. The van der Waals surface area contributed by atoms with Gasteiger partial charge in [-0.2, -0.15) is 5.06 Å². The van der Waals surface area contributed by atoms with Crippen LogP contribution < -0.4 is 0 Å². The topological polar surface area (TPSA) is 45.2 Å². The van der Waals surface area contributed by atoms with Crippen LogP contribution in [-0.2, 0) is 9.47 Å². The maximum absolute atomic E-state index is 9.61. The van der Waals surface area contributed by atoms with Crippen LogP contribution in [0.15, 0.2) is 24.9 Å². The molecule has 0 unspecified atom stereocenters. The van der Waals surface area contributed by atoms with Crippen LogP contribution in [0.3, 0.4) is 0 Å². The van der Waals surface area contributed by atoms with Crippen LogP contribution in [0.4, 0.5) is 0 Å². The fraction of sp³-hybridized carbons (Fsp3) is 0.750. The van der Waals surface area contributed by atoms with Crippen molar-refractivity contribution in [1.29, 1.82) is 0 Å². The van der Waals surface area contributed by atoms with Crippen LogP contribution >= 0.6 is 0 Å². The van der Waals surface area contributed by atoms with E-state index in [4.69, 9.17) is 9.47 Å². The van der Waals surface area contributed by atoms with E-state index >= 15 is 0 Å². The van der Waals surface area contributed by atoms with Gasteiger partial charge in [0.2, 0.25) is 0 Å². The first kappa shape index (κ1) is 16.5. The van der Waals surface area contributed by atoms with Crippen molar-refractivity contribution in [2.75, 3.05) is 39.4 Å². The van der Waals surface area contributed by atoms with Gasteiger partial charge in [0.25, 0.3) is 0 Å². The van der Waals surface area contributed by atoms with Crippen molar-refractivity contribution in [3.05, 3.63) is 24.9 Å². The van der Waals surface area contributed by atoms with Gasteiger partial charge in [-0.05, 0) is 32.9 Å². The second-order valence-corrected chi connectivity index (χ2v) is 6.54. The van der Waals surface area contributed by atoms with Gasteiger partial charge in [0, 0.05) is 19.6 Å². The normalized spacial score (nSPS) is 35.3. The summed E-state index contributed by atoms with van der Waals surface area (Å²) in [6.45, 7) is 12.2. The van der Waals surface area contributed by atoms with E-state index < -0.39 is 0 Å². The lowest BCUT2D eigenvalue weighted by Crippen LogP contribution is -2.49. The number of ether oxygens (including phenoxy) is 2. The highest BCUT2D eigenvalue weighted by atomic mass is 16.5. The number of hydrogen-bond donors (Lipinski definition) is 1. The Kier molecular flexibility index (Phi) is 5.43. The number of rotatable bonds is 5. The van der Waals surface area contributed by atoms with Gasteiger partial charge in [0.1, 0.15) is 0 Å². The summed E-state index contributed by atoms with van der Waals surface area (Å²) < 4.78 is 11.7. The van der Waals surface area contributed by atoms with Crippen LogP contribution in [0, 0.1) is 0 Å². The van der Waals surface area contributed by atoms with Gasteiger partial charge >= 0.3 is 0 Å². The SMILES string of the molecule is C=CC[C@@]1(C)CN(/C=C/C[C@@]2(C)CN(O)CCO2)CCO1. The van der Waals surface area contributed by atoms with Crippen LogP contribution in [0.25, 0.3) is 0 Å². The second-order valence-electron chi connectivity index (χ2n) is 6.54. The standard InChI is InChI=1S/C16H28N2O3/c1-4-6-15(2)13-17(9-11-20-15)8-5-7-16(3)14-18(19)10-12-21-16/h4-5,8,19H,1,6-7,9-14H2,2-3H3/b8-5+/t15-,16-/m0/s1. The van der Waals surface area contributed by atoms with Gasteiger partial charge in [-0.25, -0.2) is 0 Å². The van der Waals surface area contributed by atoms with E-state index in [-0.39, 0.29) is 11.2 Å². The highest BCUT2D eigenvalue weighted by Crippen LogP contribution is 2.24. The molecule has 120 valence electrons. The number of hydroxylamine groups is 2. The molecule has 0 aromatic carbocycles.